The van der Waals surface area contributed by atoms with Crippen LogP contribution in [0.5, 0.6) is 0 Å². The highest BCUT2D eigenvalue weighted by Crippen LogP contribution is 2.31. The molecule has 0 bridgehead atoms. The number of benzene rings is 2. The number of aliphatic hydroxyl groups is 1. The fourth-order valence-electron chi connectivity index (χ4n) is 4.41. The van der Waals surface area contributed by atoms with E-state index in [4.69, 9.17) is 0 Å². The number of aliphatic hydroxyl groups excluding tert-OH is 1. The molecule has 2 unspecified atom stereocenters. The van der Waals surface area contributed by atoms with E-state index in [-0.39, 0.29) is 30.3 Å². The number of fused-ring (bicyclic) bond motifs is 1. The number of nitrogens with zero attached hydrogens (tertiary/aromatic N) is 4. The third kappa shape index (κ3) is 8.87. The number of amides is 1. The molecule has 0 fully saturated rings. The van der Waals surface area contributed by atoms with Gasteiger partial charge in [-0.25, -0.2) is 18.2 Å². The first kappa shape index (κ1) is 31.8. The molecular weight excluding hydrogens is 550 g/mol. The lowest BCUT2D eigenvalue weighted by atomic mass is 10.0. The summed E-state index contributed by atoms with van der Waals surface area (Å²) < 4.78 is 29.7. The maximum atomic E-state index is 13.8. The van der Waals surface area contributed by atoms with Crippen LogP contribution < -0.4 is 10.2 Å². The second kappa shape index (κ2) is 14.2. The molecule has 3 aromatic rings. The molecule has 2 atom stereocenters. The summed E-state index contributed by atoms with van der Waals surface area (Å²) >= 11 is 1.44. The number of anilines is 1. The summed E-state index contributed by atoms with van der Waals surface area (Å²) in [6.07, 6.45) is -1.34. The van der Waals surface area contributed by atoms with Crippen molar-refractivity contribution in [3.05, 3.63) is 54.1 Å². The Labute approximate surface area is 241 Å². The summed E-state index contributed by atoms with van der Waals surface area (Å²) in [6, 6.07) is 13.2. The normalized spacial score (nSPS) is 13.7. The lowest BCUT2D eigenvalue weighted by Crippen LogP contribution is -2.50. The van der Waals surface area contributed by atoms with E-state index in [2.05, 4.69) is 20.1 Å². The molecule has 12 heteroatoms. The lowest BCUT2D eigenvalue weighted by Gasteiger charge is -2.30. The van der Waals surface area contributed by atoms with E-state index >= 15 is 0 Å². The summed E-state index contributed by atoms with van der Waals surface area (Å²) in [6.45, 7) is 5.51. The third-order valence-corrected chi connectivity index (χ3v) is 9.40. The van der Waals surface area contributed by atoms with Crippen molar-refractivity contribution in [3.63, 3.8) is 0 Å². The number of hydrogen-bond acceptors (Lipinski definition) is 8. The van der Waals surface area contributed by atoms with Crippen molar-refractivity contribution in [2.45, 2.75) is 43.7 Å². The minimum absolute atomic E-state index is 0.0171. The highest BCUT2D eigenvalue weighted by Gasteiger charge is 2.31. The van der Waals surface area contributed by atoms with Gasteiger partial charge in [0.1, 0.15) is 0 Å². The van der Waals surface area contributed by atoms with Gasteiger partial charge in [0, 0.05) is 26.7 Å². The molecular formula is C28H41N5O5S2. The van der Waals surface area contributed by atoms with Crippen LogP contribution >= 0.6 is 11.3 Å². The maximum absolute atomic E-state index is 13.8. The smallest absolute Gasteiger partial charge is 0.404 e. The van der Waals surface area contributed by atoms with Crippen molar-refractivity contribution < 1.29 is 23.4 Å². The van der Waals surface area contributed by atoms with Crippen LogP contribution in [0.3, 0.4) is 0 Å². The van der Waals surface area contributed by atoms with Crippen molar-refractivity contribution in [2.75, 3.05) is 52.2 Å². The van der Waals surface area contributed by atoms with Gasteiger partial charge in [-0.3, -0.25) is 0 Å². The molecule has 3 rings (SSSR count). The summed E-state index contributed by atoms with van der Waals surface area (Å²) in [7, 11) is 2.06. The van der Waals surface area contributed by atoms with Gasteiger partial charge < -0.3 is 25.3 Å². The third-order valence-electron chi connectivity index (χ3n) is 6.44. The molecule has 2 aromatic carbocycles. The van der Waals surface area contributed by atoms with Crippen molar-refractivity contribution in [1.29, 1.82) is 0 Å². The molecule has 0 saturated carbocycles. The van der Waals surface area contributed by atoms with Gasteiger partial charge >= 0.3 is 6.09 Å². The van der Waals surface area contributed by atoms with E-state index in [1.165, 1.54) is 15.6 Å². The van der Waals surface area contributed by atoms with E-state index in [1.54, 1.807) is 18.2 Å². The zero-order chi connectivity index (χ0) is 29.4. The Morgan fingerprint density at radius 3 is 2.38 bits per heavy atom. The maximum Gasteiger partial charge on any atom is 0.404 e. The Hall–Kier alpha value is -2.77. The largest absolute Gasteiger partial charge is 0.465 e. The number of nitrogens with one attached hydrogen (secondary N) is 1. The van der Waals surface area contributed by atoms with Gasteiger partial charge in [-0.1, -0.05) is 55.5 Å². The van der Waals surface area contributed by atoms with Gasteiger partial charge in [-0.15, -0.1) is 0 Å². The van der Waals surface area contributed by atoms with Gasteiger partial charge in [0.05, 0.1) is 27.3 Å². The van der Waals surface area contributed by atoms with Crippen LogP contribution in [0.1, 0.15) is 25.8 Å². The fourth-order valence-corrected chi connectivity index (χ4v) is 7.12. The molecule has 1 heterocycles. The van der Waals surface area contributed by atoms with E-state index < -0.39 is 28.3 Å². The van der Waals surface area contributed by atoms with Crippen LogP contribution in [-0.2, 0) is 16.4 Å². The van der Waals surface area contributed by atoms with Crippen LogP contribution in [0, 0.1) is 5.92 Å². The molecule has 0 saturated heterocycles. The number of aromatic nitrogens is 1. The quantitative estimate of drug-likeness (QED) is 0.245. The molecule has 220 valence electrons. The minimum Gasteiger partial charge on any atom is -0.465 e. The molecule has 1 amide bonds. The standard InChI is InChI=1S/C28H41N5O5S2/c1-20(2)18-33(19-25(34)24(30-28(35)36)16-21-10-7-6-8-11-21)40(37,38)22-12-13-23-26(17-22)39-27(29-23)32(5)15-9-14-31(3)4/h6-8,10-13,17,20,24-25,30,34H,9,14-16,18-19H2,1-5H3,(H,35,36). The predicted octanol–water partition coefficient (Wildman–Crippen LogP) is 3.57. The van der Waals surface area contributed by atoms with Crippen LogP contribution in [-0.4, -0.2) is 98.4 Å². The molecule has 1 aromatic heterocycles. The van der Waals surface area contributed by atoms with Crippen molar-refractivity contribution in [3.8, 4) is 0 Å². The fraction of sp³-hybridized carbons (Fsp3) is 0.500. The molecule has 0 spiro atoms. The van der Waals surface area contributed by atoms with E-state index in [1.807, 2.05) is 65.3 Å². The Morgan fingerprint density at radius 2 is 1.75 bits per heavy atom. The number of carbonyl (C=O) groups is 1. The molecule has 0 radical (unpaired) electrons. The van der Waals surface area contributed by atoms with Crippen molar-refractivity contribution in [2.24, 2.45) is 5.92 Å². The second-order valence-corrected chi connectivity index (χ2v) is 13.7. The SMILES string of the molecule is CC(C)CN(CC(O)C(Cc1ccccc1)NC(=O)O)S(=O)(=O)c1ccc2nc(N(C)CCCN(C)C)sc2c1. The zero-order valence-electron chi connectivity index (χ0n) is 23.8. The monoisotopic (exact) mass is 591 g/mol. The van der Waals surface area contributed by atoms with Crippen LogP contribution in [0.25, 0.3) is 10.2 Å². The molecule has 0 aliphatic rings. The van der Waals surface area contributed by atoms with Gasteiger partial charge in [0.2, 0.25) is 10.0 Å². The molecule has 10 nitrogen and oxygen atoms in total. The van der Waals surface area contributed by atoms with Gasteiger partial charge in [0.15, 0.2) is 5.13 Å². The predicted molar refractivity (Wildman–Crippen MR) is 161 cm³/mol. The van der Waals surface area contributed by atoms with Gasteiger partial charge in [0.25, 0.3) is 0 Å². The van der Waals surface area contributed by atoms with E-state index in [9.17, 15) is 23.4 Å². The Kier molecular flexibility index (Phi) is 11.3. The van der Waals surface area contributed by atoms with Crippen LogP contribution in [0.4, 0.5) is 9.93 Å². The lowest BCUT2D eigenvalue weighted by molar-refractivity contribution is 0.0980. The minimum atomic E-state index is -3.99. The number of hydrogen-bond donors (Lipinski definition) is 3. The van der Waals surface area contributed by atoms with Crippen LogP contribution in [0.15, 0.2) is 53.4 Å². The second-order valence-electron chi connectivity index (χ2n) is 10.7. The molecule has 0 aliphatic heterocycles. The average Bonchev–Trinajstić information content (AvgIpc) is 3.31. The van der Waals surface area contributed by atoms with E-state index in [0.717, 1.165) is 40.4 Å². The van der Waals surface area contributed by atoms with Crippen molar-refractivity contribution in [1.82, 2.24) is 19.5 Å². The highest BCUT2D eigenvalue weighted by atomic mass is 32.2. The first-order valence-corrected chi connectivity index (χ1v) is 15.6. The number of carboxylic acid groups (broad SMARTS) is 1. The summed E-state index contributed by atoms with van der Waals surface area (Å²) in [5, 5.41) is 23.7. The Bertz CT molecular complexity index is 1350. The number of thiazole rings is 1. The first-order chi connectivity index (χ1) is 18.9. The number of sulfonamides is 1. The first-order valence-electron chi connectivity index (χ1n) is 13.3. The summed E-state index contributed by atoms with van der Waals surface area (Å²) in [5.74, 6) is -0.0171. The van der Waals surface area contributed by atoms with Gasteiger partial charge in [-0.05, 0) is 63.2 Å². The topological polar surface area (TPSA) is 126 Å². The average molecular weight is 592 g/mol. The number of rotatable bonds is 15. The van der Waals surface area contributed by atoms with Gasteiger partial charge in [-0.2, -0.15) is 4.31 Å². The summed E-state index contributed by atoms with van der Waals surface area (Å²) in [5.41, 5.74) is 1.55. The van der Waals surface area contributed by atoms with Crippen molar-refractivity contribution >= 4 is 42.8 Å². The summed E-state index contributed by atoms with van der Waals surface area (Å²) in [4.78, 5) is 20.5. The molecule has 3 N–H and O–H groups in total. The van der Waals surface area contributed by atoms with E-state index in [0.29, 0.717) is 0 Å². The zero-order valence-corrected chi connectivity index (χ0v) is 25.5. The molecule has 0 aliphatic carbocycles. The van der Waals surface area contributed by atoms with Crippen LogP contribution in [0.2, 0.25) is 0 Å². The Morgan fingerprint density at radius 1 is 1.05 bits per heavy atom. The highest BCUT2D eigenvalue weighted by molar-refractivity contribution is 7.89. The molecule has 40 heavy (non-hydrogen) atoms. The Balaban J connectivity index is 1.84.